The summed E-state index contributed by atoms with van der Waals surface area (Å²) < 4.78 is 16.3. The maximum Gasteiger partial charge on any atom is 0.248 e. The Kier molecular flexibility index (Phi) is 8.02. The van der Waals surface area contributed by atoms with Gasteiger partial charge in [-0.25, -0.2) is 0 Å². The van der Waals surface area contributed by atoms with Crippen LogP contribution in [0, 0.1) is 0 Å². The van der Waals surface area contributed by atoms with E-state index in [1.807, 2.05) is 25.7 Å². The molecular formula is C14H27NO4. The first-order valence-electron chi connectivity index (χ1n) is 7.22. The minimum Gasteiger partial charge on any atom is -0.379 e. The lowest BCUT2D eigenvalue weighted by Gasteiger charge is -2.32. The molecule has 1 amide bonds. The highest BCUT2D eigenvalue weighted by molar-refractivity contribution is 5.77. The first-order valence-corrected chi connectivity index (χ1v) is 7.22. The Bertz CT molecular complexity index is 250. The molecule has 1 aliphatic rings. The van der Waals surface area contributed by atoms with Gasteiger partial charge in [-0.05, 0) is 33.6 Å². The molecule has 112 valence electrons. The van der Waals surface area contributed by atoms with Crippen LogP contribution in [0.5, 0.6) is 0 Å². The van der Waals surface area contributed by atoms with E-state index >= 15 is 0 Å². The van der Waals surface area contributed by atoms with Crippen molar-refractivity contribution in [3.8, 4) is 0 Å². The number of ether oxygens (including phenoxy) is 3. The highest BCUT2D eigenvalue weighted by atomic mass is 16.5. The smallest absolute Gasteiger partial charge is 0.248 e. The molecule has 0 atom stereocenters. The number of hydrogen-bond acceptors (Lipinski definition) is 4. The predicted molar refractivity (Wildman–Crippen MR) is 73.1 cm³/mol. The highest BCUT2D eigenvalue weighted by Crippen LogP contribution is 2.14. The zero-order valence-corrected chi connectivity index (χ0v) is 12.4. The fraction of sp³-hybridized carbons (Fsp3) is 0.929. The van der Waals surface area contributed by atoms with Crippen LogP contribution in [-0.2, 0) is 19.0 Å². The van der Waals surface area contributed by atoms with Crippen LogP contribution in [0.3, 0.4) is 0 Å². The fourth-order valence-electron chi connectivity index (χ4n) is 2.02. The first-order chi connectivity index (χ1) is 9.13. The first kappa shape index (κ1) is 16.4. The standard InChI is InChI=1S/C14H27NO4/c1-4-17-9-10-18-13-5-7-15(8-6-13)14(16)11-19-12(2)3/h12-13H,4-11H2,1-3H3. The number of carbonyl (C=O) groups excluding carboxylic acids is 1. The van der Waals surface area contributed by atoms with Crippen molar-refractivity contribution in [3.05, 3.63) is 0 Å². The van der Waals surface area contributed by atoms with Gasteiger partial charge < -0.3 is 19.1 Å². The van der Waals surface area contributed by atoms with Gasteiger partial charge in [0, 0.05) is 19.7 Å². The van der Waals surface area contributed by atoms with E-state index in [4.69, 9.17) is 14.2 Å². The molecule has 1 fully saturated rings. The van der Waals surface area contributed by atoms with Gasteiger partial charge in [0.1, 0.15) is 6.61 Å². The summed E-state index contributed by atoms with van der Waals surface area (Å²) in [5.74, 6) is 0.0847. The lowest BCUT2D eigenvalue weighted by molar-refractivity contribution is -0.140. The Morgan fingerprint density at radius 2 is 1.95 bits per heavy atom. The zero-order valence-electron chi connectivity index (χ0n) is 12.4. The second-order valence-corrected chi connectivity index (χ2v) is 5.01. The van der Waals surface area contributed by atoms with Gasteiger partial charge in [-0.3, -0.25) is 4.79 Å². The van der Waals surface area contributed by atoms with Crippen molar-refractivity contribution >= 4 is 5.91 Å². The van der Waals surface area contributed by atoms with Crippen LogP contribution >= 0.6 is 0 Å². The Morgan fingerprint density at radius 1 is 1.26 bits per heavy atom. The third-order valence-corrected chi connectivity index (χ3v) is 3.12. The summed E-state index contributed by atoms with van der Waals surface area (Å²) in [6.07, 6.45) is 2.16. The summed E-state index contributed by atoms with van der Waals surface area (Å²) in [7, 11) is 0. The molecule has 1 rings (SSSR count). The highest BCUT2D eigenvalue weighted by Gasteiger charge is 2.23. The van der Waals surface area contributed by atoms with E-state index in [0.717, 1.165) is 32.5 Å². The van der Waals surface area contributed by atoms with Gasteiger partial charge in [-0.1, -0.05) is 0 Å². The van der Waals surface area contributed by atoms with Crippen molar-refractivity contribution in [2.24, 2.45) is 0 Å². The molecule has 0 unspecified atom stereocenters. The Hall–Kier alpha value is -0.650. The lowest BCUT2D eigenvalue weighted by atomic mass is 10.1. The summed E-state index contributed by atoms with van der Waals surface area (Å²) >= 11 is 0. The van der Waals surface area contributed by atoms with E-state index < -0.39 is 0 Å². The Morgan fingerprint density at radius 3 is 2.53 bits per heavy atom. The Labute approximate surface area is 116 Å². The van der Waals surface area contributed by atoms with Crippen LogP contribution in [-0.4, -0.2) is 62.5 Å². The molecule has 0 aromatic carbocycles. The van der Waals surface area contributed by atoms with Crippen molar-refractivity contribution in [3.63, 3.8) is 0 Å². The van der Waals surface area contributed by atoms with Crippen molar-refractivity contribution in [1.82, 2.24) is 4.90 Å². The molecule has 1 aliphatic heterocycles. The normalized spacial score (nSPS) is 17.2. The van der Waals surface area contributed by atoms with E-state index in [-0.39, 0.29) is 24.7 Å². The minimum absolute atomic E-state index is 0.0847. The van der Waals surface area contributed by atoms with Crippen LogP contribution in [0.4, 0.5) is 0 Å². The van der Waals surface area contributed by atoms with Crippen LogP contribution in [0.25, 0.3) is 0 Å². The van der Waals surface area contributed by atoms with Gasteiger partial charge in [0.25, 0.3) is 0 Å². The molecule has 1 heterocycles. The molecule has 0 aliphatic carbocycles. The quantitative estimate of drug-likeness (QED) is 0.628. The number of amides is 1. The maximum atomic E-state index is 11.8. The second kappa shape index (κ2) is 9.28. The van der Waals surface area contributed by atoms with Gasteiger partial charge in [0.15, 0.2) is 0 Å². The number of piperidine rings is 1. The lowest BCUT2D eigenvalue weighted by Crippen LogP contribution is -2.43. The van der Waals surface area contributed by atoms with Crippen molar-refractivity contribution in [2.75, 3.05) is 39.5 Å². The zero-order chi connectivity index (χ0) is 14.1. The molecular weight excluding hydrogens is 246 g/mol. The minimum atomic E-state index is 0.0847. The van der Waals surface area contributed by atoms with Gasteiger partial charge in [-0.2, -0.15) is 0 Å². The third kappa shape index (κ3) is 6.89. The Balaban J connectivity index is 2.12. The third-order valence-electron chi connectivity index (χ3n) is 3.12. The van der Waals surface area contributed by atoms with Crippen LogP contribution in [0.15, 0.2) is 0 Å². The van der Waals surface area contributed by atoms with Crippen LogP contribution in [0.1, 0.15) is 33.6 Å². The van der Waals surface area contributed by atoms with Crippen molar-refractivity contribution in [2.45, 2.75) is 45.8 Å². The van der Waals surface area contributed by atoms with E-state index in [1.165, 1.54) is 0 Å². The summed E-state index contributed by atoms with van der Waals surface area (Å²) in [6.45, 7) is 9.58. The van der Waals surface area contributed by atoms with Gasteiger partial charge in [0.05, 0.1) is 25.4 Å². The molecule has 5 nitrogen and oxygen atoms in total. The topological polar surface area (TPSA) is 48.0 Å². The summed E-state index contributed by atoms with van der Waals surface area (Å²) in [6, 6.07) is 0. The second-order valence-electron chi connectivity index (χ2n) is 5.01. The van der Waals surface area contributed by atoms with E-state index in [2.05, 4.69) is 0 Å². The predicted octanol–water partition coefficient (Wildman–Crippen LogP) is 1.46. The van der Waals surface area contributed by atoms with Crippen LogP contribution in [0.2, 0.25) is 0 Å². The molecule has 0 spiro atoms. The molecule has 1 saturated heterocycles. The molecule has 0 bridgehead atoms. The largest absolute Gasteiger partial charge is 0.379 e. The van der Waals surface area contributed by atoms with E-state index in [1.54, 1.807) is 0 Å². The number of nitrogens with zero attached hydrogens (tertiary/aromatic N) is 1. The molecule has 0 radical (unpaired) electrons. The SMILES string of the molecule is CCOCCOC1CCN(C(=O)COC(C)C)CC1. The van der Waals surface area contributed by atoms with Gasteiger partial charge in [0.2, 0.25) is 5.91 Å². The number of carbonyl (C=O) groups is 1. The monoisotopic (exact) mass is 273 g/mol. The number of likely N-dealkylation sites (tertiary alicyclic amines) is 1. The van der Waals surface area contributed by atoms with Crippen LogP contribution < -0.4 is 0 Å². The average Bonchev–Trinajstić information content (AvgIpc) is 2.41. The van der Waals surface area contributed by atoms with Gasteiger partial charge >= 0.3 is 0 Å². The van der Waals surface area contributed by atoms with Crippen molar-refractivity contribution in [1.29, 1.82) is 0 Å². The molecule has 0 aromatic heterocycles. The fourth-order valence-corrected chi connectivity index (χ4v) is 2.02. The van der Waals surface area contributed by atoms with E-state index in [9.17, 15) is 4.79 Å². The van der Waals surface area contributed by atoms with Gasteiger partial charge in [-0.15, -0.1) is 0 Å². The molecule has 19 heavy (non-hydrogen) atoms. The molecule has 0 saturated carbocycles. The summed E-state index contributed by atoms with van der Waals surface area (Å²) in [5.41, 5.74) is 0. The summed E-state index contributed by atoms with van der Waals surface area (Å²) in [4.78, 5) is 13.7. The van der Waals surface area contributed by atoms with Crippen molar-refractivity contribution < 1.29 is 19.0 Å². The molecule has 5 heteroatoms. The average molecular weight is 273 g/mol. The summed E-state index contributed by atoms with van der Waals surface area (Å²) in [5, 5.41) is 0. The maximum absolute atomic E-state index is 11.8. The number of hydrogen-bond donors (Lipinski definition) is 0. The number of rotatable bonds is 8. The molecule has 0 aromatic rings. The van der Waals surface area contributed by atoms with E-state index in [0.29, 0.717) is 13.2 Å². The molecule has 0 N–H and O–H groups in total.